The van der Waals surface area contributed by atoms with Crippen molar-refractivity contribution >= 4 is 0 Å². The maximum atomic E-state index is 13.9. The summed E-state index contributed by atoms with van der Waals surface area (Å²) in [5.74, 6) is -1.60. The maximum Gasteiger partial charge on any atom is 0.163 e. The number of hydrogen-bond donors (Lipinski definition) is 0. The van der Waals surface area contributed by atoms with Gasteiger partial charge < -0.3 is 4.74 Å². The van der Waals surface area contributed by atoms with Crippen LogP contribution in [0.3, 0.4) is 0 Å². The van der Waals surface area contributed by atoms with Crippen LogP contribution in [0, 0.1) is 25.5 Å². The highest BCUT2D eigenvalue weighted by atomic mass is 19.2. The van der Waals surface area contributed by atoms with Crippen molar-refractivity contribution in [3.8, 4) is 0 Å². The van der Waals surface area contributed by atoms with Gasteiger partial charge in [-0.15, -0.1) is 0 Å². The quantitative estimate of drug-likeness (QED) is 0.785. The Kier molecular flexibility index (Phi) is 5.85. The molecule has 2 rings (SSSR count). The van der Waals surface area contributed by atoms with E-state index in [-0.39, 0.29) is 0 Å². The Morgan fingerprint density at radius 1 is 1.22 bits per heavy atom. The standard InChI is InChI=1S/C17H23F2N3O/c1-12-15(13(2)21(3)20-12)11-22(8-9-23-4)10-14-6-5-7-16(18)17(14)19/h5-7H,8-11H2,1-4H3. The Hall–Kier alpha value is -1.79. The van der Waals surface area contributed by atoms with Gasteiger partial charge in [0.05, 0.1) is 12.3 Å². The molecule has 1 heterocycles. The van der Waals surface area contributed by atoms with Crippen molar-refractivity contribution in [2.45, 2.75) is 26.9 Å². The normalized spacial score (nSPS) is 11.4. The van der Waals surface area contributed by atoms with E-state index in [1.54, 1.807) is 13.2 Å². The Balaban J connectivity index is 2.21. The monoisotopic (exact) mass is 323 g/mol. The fourth-order valence-corrected chi connectivity index (χ4v) is 2.62. The first-order chi connectivity index (χ1) is 10.9. The van der Waals surface area contributed by atoms with Gasteiger partial charge in [0.15, 0.2) is 11.6 Å². The summed E-state index contributed by atoms with van der Waals surface area (Å²) in [5, 5.41) is 4.41. The molecule has 126 valence electrons. The van der Waals surface area contributed by atoms with E-state index in [1.807, 2.05) is 30.5 Å². The summed E-state index contributed by atoms with van der Waals surface area (Å²) in [6.45, 7) is 6.05. The molecule has 23 heavy (non-hydrogen) atoms. The predicted molar refractivity (Wildman–Crippen MR) is 85.0 cm³/mol. The first kappa shape index (κ1) is 17.6. The Morgan fingerprint density at radius 2 is 1.96 bits per heavy atom. The van der Waals surface area contributed by atoms with Crippen molar-refractivity contribution in [3.63, 3.8) is 0 Å². The van der Waals surface area contributed by atoms with Crippen molar-refractivity contribution in [2.75, 3.05) is 20.3 Å². The summed E-state index contributed by atoms with van der Waals surface area (Å²) >= 11 is 0. The lowest BCUT2D eigenvalue weighted by molar-refractivity contribution is 0.139. The third kappa shape index (κ3) is 4.14. The van der Waals surface area contributed by atoms with Crippen LogP contribution in [0.15, 0.2) is 18.2 Å². The molecule has 0 spiro atoms. The zero-order chi connectivity index (χ0) is 17.0. The lowest BCUT2D eigenvalue weighted by Crippen LogP contribution is -2.27. The highest BCUT2D eigenvalue weighted by Gasteiger charge is 2.16. The fourth-order valence-electron chi connectivity index (χ4n) is 2.62. The van der Waals surface area contributed by atoms with E-state index in [0.29, 0.717) is 31.8 Å². The van der Waals surface area contributed by atoms with Gasteiger partial charge in [-0.3, -0.25) is 9.58 Å². The number of hydrogen-bond acceptors (Lipinski definition) is 3. The van der Waals surface area contributed by atoms with Crippen LogP contribution in [0.25, 0.3) is 0 Å². The molecule has 0 atom stereocenters. The van der Waals surface area contributed by atoms with Gasteiger partial charge in [0.25, 0.3) is 0 Å². The topological polar surface area (TPSA) is 30.3 Å². The van der Waals surface area contributed by atoms with E-state index in [2.05, 4.69) is 5.10 Å². The summed E-state index contributed by atoms with van der Waals surface area (Å²) in [6.07, 6.45) is 0. The van der Waals surface area contributed by atoms with Gasteiger partial charge in [-0.05, 0) is 19.9 Å². The van der Waals surface area contributed by atoms with E-state index >= 15 is 0 Å². The summed E-state index contributed by atoms with van der Waals surface area (Å²) in [6, 6.07) is 4.28. The molecule has 0 amide bonds. The first-order valence-electron chi connectivity index (χ1n) is 7.57. The van der Waals surface area contributed by atoms with Gasteiger partial charge in [0.2, 0.25) is 0 Å². The Bertz CT molecular complexity index is 670. The van der Waals surface area contributed by atoms with E-state index in [1.165, 1.54) is 6.07 Å². The molecule has 0 fully saturated rings. The van der Waals surface area contributed by atoms with Crippen LogP contribution in [0.4, 0.5) is 8.78 Å². The van der Waals surface area contributed by atoms with Gasteiger partial charge in [-0.2, -0.15) is 5.10 Å². The first-order valence-corrected chi connectivity index (χ1v) is 7.57. The number of methoxy groups -OCH3 is 1. The van der Waals surface area contributed by atoms with Crippen molar-refractivity contribution in [3.05, 3.63) is 52.3 Å². The summed E-state index contributed by atoms with van der Waals surface area (Å²) in [4.78, 5) is 2.04. The number of nitrogens with zero attached hydrogens (tertiary/aromatic N) is 3. The molecule has 2 aromatic rings. The Morgan fingerprint density at radius 3 is 2.57 bits per heavy atom. The van der Waals surface area contributed by atoms with Crippen LogP contribution in [0.2, 0.25) is 0 Å². The number of aryl methyl sites for hydroxylation is 2. The number of rotatable bonds is 7. The number of aromatic nitrogens is 2. The minimum absolute atomic E-state index is 0.320. The molecule has 0 aliphatic heterocycles. The van der Waals surface area contributed by atoms with Crippen molar-refractivity contribution < 1.29 is 13.5 Å². The minimum atomic E-state index is -0.817. The van der Waals surface area contributed by atoms with Gasteiger partial charge in [-0.1, -0.05) is 12.1 Å². The highest BCUT2D eigenvalue weighted by molar-refractivity contribution is 5.25. The smallest absolute Gasteiger partial charge is 0.163 e. The molecule has 4 nitrogen and oxygen atoms in total. The van der Waals surface area contributed by atoms with Crippen LogP contribution in [0.1, 0.15) is 22.5 Å². The second kappa shape index (κ2) is 7.66. The summed E-state index contributed by atoms with van der Waals surface area (Å²) < 4.78 is 34.3. The van der Waals surface area contributed by atoms with Crippen LogP contribution in [-0.2, 0) is 24.9 Å². The lowest BCUT2D eigenvalue weighted by Gasteiger charge is -2.22. The zero-order valence-corrected chi connectivity index (χ0v) is 14.1. The van der Waals surface area contributed by atoms with Crippen molar-refractivity contribution in [1.82, 2.24) is 14.7 Å². The molecule has 1 aromatic heterocycles. The minimum Gasteiger partial charge on any atom is -0.383 e. The fraction of sp³-hybridized carbons (Fsp3) is 0.471. The predicted octanol–water partition coefficient (Wildman–Crippen LogP) is 2.96. The molecule has 0 radical (unpaired) electrons. The molecule has 0 aliphatic rings. The number of halogens is 2. The van der Waals surface area contributed by atoms with Crippen LogP contribution < -0.4 is 0 Å². The van der Waals surface area contributed by atoms with E-state index in [4.69, 9.17) is 4.74 Å². The van der Waals surface area contributed by atoms with Gasteiger partial charge >= 0.3 is 0 Å². The van der Waals surface area contributed by atoms with Crippen molar-refractivity contribution in [2.24, 2.45) is 7.05 Å². The molecular weight excluding hydrogens is 300 g/mol. The van der Waals surface area contributed by atoms with E-state index in [0.717, 1.165) is 23.0 Å². The number of ether oxygens (including phenoxy) is 1. The molecular formula is C17H23F2N3O. The van der Waals surface area contributed by atoms with E-state index in [9.17, 15) is 8.78 Å². The van der Waals surface area contributed by atoms with Crippen LogP contribution in [0.5, 0.6) is 0 Å². The summed E-state index contributed by atoms with van der Waals surface area (Å²) in [5.41, 5.74) is 3.48. The number of benzene rings is 1. The Labute approximate surface area is 135 Å². The third-order valence-corrected chi connectivity index (χ3v) is 4.08. The maximum absolute atomic E-state index is 13.9. The second-order valence-corrected chi connectivity index (χ2v) is 5.69. The molecule has 0 saturated heterocycles. The van der Waals surface area contributed by atoms with Crippen molar-refractivity contribution in [1.29, 1.82) is 0 Å². The average Bonchev–Trinajstić information content (AvgIpc) is 2.75. The highest BCUT2D eigenvalue weighted by Crippen LogP contribution is 2.18. The molecule has 0 aliphatic carbocycles. The lowest BCUT2D eigenvalue weighted by atomic mass is 10.1. The van der Waals surface area contributed by atoms with E-state index < -0.39 is 11.6 Å². The largest absolute Gasteiger partial charge is 0.383 e. The van der Waals surface area contributed by atoms with Gasteiger partial charge in [0.1, 0.15) is 0 Å². The SMILES string of the molecule is COCCN(Cc1cccc(F)c1F)Cc1c(C)nn(C)c1C. The second-order valence-electron chi connectivity index (χ2n) is 5.69. The molecule has 6 heteroatoms. The molecule has 0 saturated carbocycles. The zero-order valence-electron chi connectivity index (χ0n) is 14.1. The molecule has 0 N–H and O–H groups in total. The van der Waals surface area contributed by atoms with Gasteiger partial charge in [-0.25, -0.2) is 8.78 Å². The third-order valence-electron chi connectivity index (χ3n) is 4.08. The molecule has 0 bridgehead atoms. The summed E-state index contributed by atoms with van der Waals surface area (Å²) in [7, 11) is 3.53. The average molecular weight is 323 g/mol. The van der Waals surface area contributed by atoms with Gasteiger partial charge in [0, 0.05) is 50.6 Å². The van der Waals surface area contributed by atoms with Crippen LogP contribution in [-0.4, -0.2) is 34.9 Å². The molecule has 0 unspecified atom stereocenters. The molecule has 1 aromatic carbocycles. The van der Waals surface area contributed by atoms with Crippen LogP contribution >= 0.6 is 0 Å².